The number of imidazole rings is 1. The van der Waals surface area contributed by atoms with Gasteiger partial charge in [0.25, 0.3) is 0 Å². The van der Waals surface area contributed by atoms with E-state index in [0.717, 1.165) is 50.7 Å². The number of aliphatic hydroxyl groups is 1. The van der Waals surface area contributed by atoms with Gasteiger partial charge in [0.2, 0.25) is 0 Å². The lowest BCUT2D eigenvalue weighted by Crippen LogP contribution is -1.98. The molecule has 0 saturated carbocycles. The van der Waals surface area contributed by atoms with Gasteiger partial charge in [0.15, 0.2) is 17.3 Å². The third kappa shape index (κ3) is 4.48. The second kappa shape index (κ2) is 10.1. The SMILES string of the molecule is COCC#Cc1c(-c2ccccc2C)nc2c(Nc3ccc(-c4cnc(C)o4)c(CO)c3)cccn12. The summed E-state index contributed by atoms with van der Waals surface area (Å²) in [5, 5.41) is 13.5. The lowest BCUT2D eigenvalue weighted by Gasteiger charge is -2.11. The van der Waals surface area contributed by atoms with Crippen molar-refractivity contribution in [2.45, 2.75) is 20.5 Å². The average Bonchev–Trinajstić information content (AvgIpc) is 3.49. The van der Waals surface area contributed by atoms with Crippen LogP contribution in [0.3, 0.4) is 0 Å². The molecule has 2 N–H and O–H groups in total. The smallest absolute Gasteiger partial charge is 0.191 e. The van der Waals surface area contributed by atoms with Crippen molar-refractivity contribution in [3.8, 4) is 34.4 Å². The highest BCUT2D eigenvalue weighted by Crippen LogP contribution is 2.32. The number of methoxy groups -OCH3 is 1. The van der Waals surface area contributed by atoms with Crippen LogP contribution in [0.25, 0.3) is 28.2 Å². The summed E-state index contributed by atoms with van der Waals surface area (Å²) >= 11 is 0. The number of hydrogen-bond acceptors (Lipinski definition) is 6. The highest BCUT2D eigenvalue weighted by atomic mass is 16.5. The molecule has 180 valence electrons. The number of oxazole rings is 1. The van der Waals surface area contributed by atoms with Crippen molar-refractivity contribution in [3.05, 3.63) is 89.7 Å². The summed E-state index contributed by atoms with van der Waals surface area (Å²) in [6.07, 6.45) is 3.63. The summed E-state index contributed by atoms with van der Waals surface area (Å²) in [6, 6.07) is 17.8. The van der Waals surface area contributed by atoms with E-state index >= 15 is 0 Å². The van der Waals surface area contributed by atoms with E-state index in [0.29, 0.717) is 18.3 Å². The Hall–Kier alpha value is -4.38. The number of fused-ring (bicyclic) bond motifs is 1. The lowest BCUT2D eigenvalue weighted by molar-refractivity contribution is 0.240. The van der Waals surface area contributed by atoms with Crippen molar-refractivity contribution < 1.29 is 14.3 Å². The van der Waals surface area contributed by atoms with Crippen LogP contribution in [0.4, 0.5) is 11.4 Å². The highest BCUT2D eigenvalue weighted by Gasteiger charge is 2.17. The third-order valence-electron chi connectivity index (χ3n) is 5.91. The molecule has 0 bridgehead atoms. The topological polar surface area (TPSA) is 84.8 Å². The van der Waals surface area contributed by atoms with E-state index in [4.69, 9.17) is 14.1 Å². The lowest BCUT2D eigenvalue weighted by atomic mass is 10.0. The summed E-state index contributed by atoms with van der Waals surface area (Å²) < 4.78 is 12.8. The quantitative estimate of drug-likeness (QED) is 0.313. The van der Waals surface area contributed by atoms with Crippen molar-refractivity contribution in [1.29, 1.82) is 0 Å². The maximum atomic E-state index is 10.0. The predicted molar refractivity (Wildman–Crippen MR) is 140 cm³/mol. The van der Waals surface area contributed by atoms with Crippen LogP contribution in [0.5, 0.6) is 0 Å². The normalized spacial score (nSPS) is 10.9. The van der Waals surface area contributed by atoms with E-state index < -0.39 is 0 Å². The molecule has 0 unspecified atom stereocenters. The minimum atomic E-state index is -0.130. The zero-order chi connectivity index (χ0) is 25.1. The summed E-state index contributed by atoms with van der Waals surface area (Å²) in [5.74, 6) is 7.52. The largest absolute Gasteiger partial charge is 0.441 e. The number of hydrogen-bond donors (Lipinski definition) is 2. The molecule has 36 heavy (non-hydrogen) atoms. The van der Waals surface area contributed by atoms with Crippen LogP contribution in [-0.2, 0) is 11.3 Å². The van der Waals surface area contributed by atoms with E-state index in [1.807, 2.05) is 53.1 Å². The minimum absolute atomic E-state index is 0.130. The first-order chi connectivity index (χ1) is 17.6. The summed E-state index contributed by atoms with van der Waals surface area (Å²) in [7, 11) is 1.63. The first-order valence-corrected chi connectivity index (χ1v) is 11.6. The molecule has 7 nitrogen and oxygen atoms in total. The van der Waals surface area contributed by atoms with Gasteiger partial charge in [-0.3, -0.25) is 4.40 Å². The third-order valence-corrected chi connectivity index (χ3v) is 5.91. The maximum absolute atomic E-state index is 10.0. The molecule has 5 rings (SSSR count). The van der Waals surface area contributed by atoms with Crippen molar-refractivity contribution in [2.24, 2.45) is 0 Å². The molecule has 7 heteroatoms. The van der Waals surface area contributed by atoms with Gasteiger partial charge in [-0.05, 0) is 54.3 Å². The number of ether oxygens (including phenoxy) is 1. The van der Waals surface area contributed by atoms with E-state index in [-0.39, 0.29) is 6.61 Å². The summed E-state index contributed by atoms with van der Waals surface area (Å²) in [5.41, 5.74) is 7.69. The Morgan fingerprint density at radius 1 is 1.08 bits per heavy atom. The number of aromatic nitrogens is 3. The molecule has 0 radical (unpaired) electrons. The number of aryl methyl sites for hydroxylation is 2. The molecule has 0 aliphatic heterocycles. The molecule has 0 saturated heterocycles. The number of nitrogens with zero attached hydrogens (tertiary/aromatic N) is 3. The van der Waals surface area contributed by atoms with Crippen molar-refractivity contribution in [2.75, 3.05) is 19.0 Å². The van der Waals surface area contributed by atoms with E-state index in [1.165, 1.54) is 0 Å². The first-order valence-electron chi connectivity index (χ1n) is 11.6. The van der Waals surface area contributed by atoms with E-state index in [2.05, 4.69) is 41.2 Å². The van der Waals surface area contributed by atoms with Crippen LogP contribution in [-0.4, -0.2) is 33.2 Å². The second-order valence-corrected chi connectivity index (χ2v) is 8.37. The molecule has 0 atom stereocenters. The second-order valence-electron chi connectivity index (χ2n) is 8.37. The van der Waals surface area contributed by atoms with Gasteiger partial charge >= 0.3 is 0 Å². The molecule has 0 spiro atoms. The van der Waals surface area contributed by atoms with Gasteiger partial charge in [-0.1, -0.05) is 30.2 Å². The van der Waals surface area contributed by atoms with Gasteiger partial charge in [0, 0.05) is 37.0 Å². The van der Waals surface area contributed by atoms with Crippen LogP contribution in [0.2, 0.25) is 0 Å². The minimum Gasteiger partial charge on any atom is -0.441 e. The number of anilines is 2. The van der Waals surface area contributed by atoms with Gasteiger partial charge in [-0.15, -0.1) is 0 Å². The molecule has 3 aromatic heterocycles. The Kier molecular flexibility index (Phi) is 6.54. The van der Waals surface area contributed by atoms with E-state index in [1.54, 1.807) is 20.2 Å². The van der Waals surface area contributed by atoms with Gasteiger partial charge in [-0.25, -0.2) is 9.97 Å². The molecule has 5 aromatic rings. The number of rotatable bonds is 6. The summed E-state index contributed by atoms with van der Waals surface area (Å²) in [4.78, 5) is 9.18. The van der Waals surface area contributed by atoms with Gasteiger partial charge < -0.3 is 19.6 Å². The molecule has 2 aromatic carbocycles. The Morgan fingerprint density at radius 2 is 1.94 bits per heavy atom. The van der Waals surface area contributed by atoms with E-state index in [9.17, 15) is 5.11 Å². The maximum Gasteiger partial charge on any atom is 0.191 e. The molecule has 3 heterocycles. The van der Waals surface area contributed by atoms with Crippen LogP contribution in [0.1, 0.15) is 22.7 Å². The zero-order valence-corrected chi connectivity index (χ0v) is 20.4. The molecule has 0 amide bonds. The van der Waals surface area contributed by atoms with Crippen molar-refractivity contribution >= 4 is 17.0 Å². The molecule has 0 fully saturated rings. The number of benzene rings is 2. The fourth-order valence-electron chi connectivity index (χ4n) is 4.19. The van der Waals surface area contributed by atoms with Crippen LogP contribution < -0.4 is 5.32 Å². The fourth-order valence-corrected chi connectivity index (χ4v) is 4.19. The van der Waals surface area contributed by atoms with Gasteiger partial charge in [-0.2, -0.15) is 0 Å². The Morgan fingerprint density at radius 3 is 2.69 bits per heavy atom. The Balaban J connectivity index is 1.59. The van der Waals surface area contributed by atoms with Crippen molar-refractivity contribution in [3.63, 3.8) is 0 Å². The number of aliphatic hydroxyl groups excluding tert-OH is 1. The average molecular weight is 479 g/mol. The van der Waals surface area contributed by atoms with Crippen LogP contribution in [0, 0.1) is 25.7 Å². The Labute approximate surface area is 209 Å². The van der Waals surface area contributed by atoms with Crippen LogP contribution >= 0.6 is 0 Å². The number of nitrogens with one attached hydrogen (secondary N) is 1. The van der Waals surface area contributed by atoms with Crippen LogP contribution in [0.15, 0.2) is 71.4 Å². The predicted octanol–water partition coefficient (Wildman–Crippen LogP) is 5.51. The highest BCUT2D eigenvalue weighted by molar-refractivity contribution is 5.81. The monoisotopic (exact) mass is 478 g/mol. The Bertz CT molecular complexity index is 1600. The zero-order valence-electron chi connectivity index (χ0n) is 20.4. The standard InChI is InChI=1S/C29H26N4O3/c1-19-8-4-5-9-23(19)28-26(11-7-15-35-3)33-14-6-10-25(29(33)32-28)31-22-12-13-24(21(16-22)18-34)27-17-30-20(2)36-27/h4-6,8-10,12-14,16-17,31,34H,15,18H2,1-3H3. The molecule has 0 aliphatic carbocycles. The molecular weight excluding hydrogens is 452 g/mol. The molecule has 0 aliphatic rings. The fraction of sp³-hybridized carbons (Fsp3) is 0.172. The van der Waals surface area contributed by atoms with Gasteiger partial charge in [0.05, 0.1) is 18.5 Å². The van der Waals surface area contributed by atoms with Gasteiger partial charge in [0.1, 0.15) is 18.0 Å². The first kappa shape index (κ1) is 23.4. The summed E-state index contributed by atoms with van der Waals surface area (Å²) in [6.45, 7) is 4.06. The number of pyridine rings is 1. The molecular formula is C29H26N4O3. The van der Waals surface area contributed by atoms with Crippen molar-refractivity contribution in [1.82, 2.24) is 14.4 Å².